The fourth-order valence-electron chi connectivity index (χ4n) is 11.7. The fourth-order valence-corrected chi connectivity index (χ4v) is 11.7. The van der Waals surface area contributed by atoms with Gasteiger partial charge in [-0.25, -0.2) is 4.79 Å². The van der Waals surface area contributed by atoms with Crippen molar-refractivity contribution in [3.8, 4) is 11.5 Å². The minimum atomic E-state index is -1.03. The van der Waals surface area contributed by atoms with Crippen LogP contribution in [-0.4, -0.2) is 56.4 Å². The first-order valence-electron chi connectivity index (χ1n) is 17.0. The van der Waals surface area contributed by atoms with Gasteiger partial charge in [-0.1, -0.05) is 53.7 Å². The molecular formula is C38H54O7. The zero-order valence-corrected chi connectivity index (χ0v) is 28.0. The summed E-state index contributed by atoms with van der Waals surface area (Å²) in [4.78, 5) is 12.8. The molecule has 0 aliphatic heterocycles. The number of hydrogen-bond donors (Lipinski definition) is 5. The number of aromatic hydroxyl groups is 2. The number of rotatable bonds is 4. The van der Waals surface area contributed by atoms with Crippen LogP contribution in [0.2, 0.25) is 0 Å². The number of aliphatic hydroxyl groups is 3. The molecule has 7 nitrogen and oxygen atoms in total. The summed E-state index contributed by atoms with van der Waals surface area (Å²) in [6.07, 6.45) is 11.3. The molecule has 5 N–H and O–H groups in total. The van der Waals surface area contributed by atoms with Crippen molar-refractivity contribution in [1.82, 2.24) is 0 Å². The van der Waals surface area contributed by atoms with E-state index in [9.17, 15) is 30.3 Å². The summed E-state index contributed by atoms with van der Waals surface area (Å²) in [7, 11) is 0. The smallest absolute Gasteiger partial charge is 0.330 e. The lowest BCUT2D eigenvalue weighted by Gasteiger charge is -2.70. The number of esters is 1. The molecule has 45 heavy (non-hydrogen) atoms. The van der Waals surface area contributed by atoms with Gasteiger partial charge in [-0.2, -0.15) is 0 Å². The lowest BCUT2D eigenvalue weighted by atomic mass is 9.34. The highest BCUT2D eigenvalue weighted by Crippen LogP contribution is 2.74. The first kappa shape index (κ1) is 32.6. The molecule has 1 spiro atoms. The molecule has 5 aliphatic rings. The van der Waals surface area contributed by atoms with Gasteiger partial charge < -0.3 is 30.3 Å². The van der Waals surface area contributed by atoms with Crippen molar-refractivity contribution < 1.29 is 35.1 Å². The molecule has 1 aromatic rings. The zero-order chi connectivity index (χ0) is 32.8. The molecule has 4 saturated carbocycles. The van der Waals surface area contributed by atoms with Gasteiger partial charge in [-0.05, 0) is 121 Å². The molecule has 0 saturated heterocycles. The summed E-state index contributed by atoms with van der Waals surface area (Å²) in [6, 6.07) is 4.29. The summed E-state index contributed by atoms with van der Waals surface area (Å²) in [5.74, 6) is -0.806. The van der Waals surface area contributed by atoms with E-state index in [0.29, 0.717) is 12.0 Å². The maximum Gasteiger partial charge on any atom is 0.330 e. The number of allylic oxidation sites excluding steroid dienone is 1. The van der Waals surface area contributed by atoms with E-state index in [0.717, 1.165) is 51.4 Å². The summed E-state index contributed by atoms with van der Waals surface area (Å²) in [5, 5.41) is 54.2. The van der Waals surface area contributed by atoms with Gasteiger partial charge in [0.25, 0.3) is 0 Å². The SMILES string of the molecule is CC1(C)CC[C@]2(CC[C@]3(C)C(=CC[C@@H]4[C@@]5(C)C[C@@H](O)[C@H](O)[C@@](C)(COC(=O)/C=C/c6ccc(O)c(O)c6)[C@@H]5CC[C@]43C)[C@H]2O)C1. The summed E-state index contributed by atoms with van der Waals surface area (Å²) in [5.41, 5.74) is 0.666. The minimum Gasteiger partial charge on any atom is -0.504 e. The molecule has 0 bridgehead atoms. The van der Waals surface area contributed by atoms with Crippen molar-refractivity contribution in [1.29, 1.82) is 0 Å². The Morgan fingerprint density at radius 3 is 2.31 bits per heavy atom. The van der Waals surface area contributed by atoms with E-state index in [-0.39, 0.29) is 57.0 Å². The Kier molecular flexibility index (Phi) is 7.66. The molecule has 248 valence electrons. The standard InChI is InChI=1S/C38H54O7/c1-33(2)15-17-38(21-33)18-16-36(5)24(31(38)43)9-11-29-34(3)20-27(41)32(44)35(4,28(34)13-14-37(29,36)6)22-45-30(42)12-8-23-7-10-25(39)26(40)19-23/h7-10,12,19,27-29,31-32,39-41,43-44H,11,13-18,20-22H2,1-6H3/b12-8+/t27-,28-,29-,31-,32+,34+,35+,36-,37-,38+/m1/s1. The topological polar surface area (TPSA) is 127 Å². The lowest BCUT2D eigenvalue weighted by Crippen LogP contribution is -2.68. The first-order valence-corrected chi connectivity index (χ1v) is 17.0. The van der Waals surface area contributed by atoms with Crippen molar-refractivity contribution >= 4 is 12.0 Å². The second-order valence-corrected chi connectivity index (χ2v) is 17.3. The normalized spacial score (nSPS) is 45.4. The molecule has 10 atom stereocenters. The van der Waals surface area contributed by atoms with Crippen molar-refractivity contribution in [2.45, 2.75) is 118 Å². The van der Waals surface area contributed by atoms with Gasteiger partial charge in [-0.3, -0.25) is 0 Å². The van der Waals surface area contributed by atoms with E-state index >= 15 is 0 Å². The van der Waals surface area contributed by atoms with E-state index in [2.05, 4.69) is 40.7 Å². The molecule has 5 aliphatic carbocycles. The van der Waals surface area contributed by atoms with Crippen LogP contribution in [0.5, 0.6) is 11.5 Å². The highest BCUT2D eigenvalue weighted by Gasteiger charge is 2.70. The van der Waals surface area contributed by atoms with Gasteiger partial charge in [0.1, 0.15) is 0 Å². The van der Waals surface area contributed by atoms with Crippen molar-refractivity contribution in [2.24, 2.45) is 44.3 Å². The van der Waals surface area contributed by atoms with E-state index < -0.39 is 29.7 Å². The van der Waals surface area contributed by atoms with Gasteiger partial charge in [0.05, 0.1) is 24.9 Å². The van der Waals surface area contributed by atoms with Gasteiger partial charge in [0.15, 0.2) is 11.5 Å². The maximum atomic E-state index is 12.8. The number of hydrogen-bond acceptors (Lipinski definition) is 7. The summed E-state index contributed by atoms with van der Waals surface area (Å²) in [6.45, 7) is 13.7. The van der Waals surface area contributed by atoms with Crippen LogP contribution in [0.4, 0.5) is 0 Å². The second-order valence-electron chi connectivity index (χ2n) is 17.3. The van der Waals surface area contributed by atoms with Crippen LogP contribution in [0.25, 0.3) is 6.08 Å². The largest absolute Gasteiger partial charge is 0.504 e. The number of phenols is 2. The second kappa shape index (κ2) is 10.6. The third kappa shape index (κ3) is 4.81. The number of phenolic OH excluding ortho intramolecular Hbond substituents is 2. The molecular weight excluding hydrogens is 568 g/mol. The number of carbonyl (C=O) groups is 1. The van der Waals surface area contributed by atoms with Crippen LogP contribution >= 0.6 is 0 Å². The van der Waals surface area contributed by atoms with Gasteiger partial charge in [0, 0.05) is 16.9 Å². The number of aliphatic hydroxyl groups excluding tert-OH is 3. The Balaban J connectivity index is 1.25. The van der Waals surface area contributed by atoms with Crippen LogP contribution in [-0.2, 0) is 9.53 Å². The fraction of sp³-hybridized carbons (Fsp3) is 0.711. The van der Waals surface area contributed by atoms with Crippen LogP contribution in [0.1, 0.15) is 105 Å². The molecule has 6 rings (SSSR count). The third-order valence-electron chi connectivity index (χ3n) is 14.3. The molecule has 0 radical (unpaired) electrons. The number of benzene rings is 1. The Morgan fingerprint density at radius 2 is 1.64 bits per heavy atom. The Labute approximate surface area is 268 Å². The Hall–Kier alpha value is -2.35. The predicted molar refractivity (Wildman–Crippen MR) is 173 cm³/mol. The van der Waals surface area contributed by atoms with E-state index in [4.69, 9.17) is 4.74 Å². The first-order chi connectivity index (χ1) is 20.9. The average Bonchev–Trinajstić information content (AvgIpc) is 3.29. The van der Waals surface area contributed by atoms with Gasteiger partial charge >= 0.3 is 5.97 Å². The minimum absolute atomic E-state index is 0.0195. The number of fused-ring (bicyclic) bond motifs is 5. The van der Waals surface area contributed by atoms with Crippen LogP contribution < -0.4 is 0 Å². The lowest BCUT2D eigenvalue weighted by molar-refractivity contribution is -0.245. The molecule has 0 aromatic heterocycles. The number of carbonyl (C=O) groups excluding carboxylic acids is 1. The highest BCUT2D eigenvalue weighted by atomic mass is 16.5. The van der Waals surface area contributed by atoms with Crippen molar-refractivity contribution in [3.05, 3.63) is 41.5 Å². The molecule has 0 unspecified atom stereocenters. The maximum absolute atomic E-state index is 12.8. The van der Waals surface area contributed by atoms with Gasteiger partial charge in [0.2, 0.25) is 0 Å². The van der Waals surface area contributed by atoms with Crippen molar-refractivity contribution in [2.75, 3.05) is 6.61 Å². The van der Waals surface area contributed by atoms with Crippen LogP contribution in [0, 0.1) is 44.3 Å². The van der Waals surface area contributed by atoms with E-state index in [1.54, 1.807) is 6.07 Å². The third-order valence-corrected chi connectivity index (χ3v) is 14.3. The molecule has 0 heterocycles. The molecule has 0 amide bonds. The predicted octanol–water partition coefficient (Wildman–Crippen LogP) is 6.51. The highest BCUT2D eigenvalue weighted by molar-refractivity contribution is 5.87. The quantitative estimate of drug-likeness (QED) is 0.112. The van der Waals surface area contributed by atoms with Crippen molar-refractivity contribution in [3.63, 3.8) is 0 Å². The molecule has 4 fully saturated rings. The molecule has 1 aromatic carbocycles. The van der Waals surface area contributed by atoms with Crippen LogP contribution in [0.15, 0.2) is 35.9 Å². The van der Waals surface area contributed by atoms with E-state index in [1.165, 1.54) is 29.9 Å². The number of ether oxygens (including phenoxy) is 1. The molecule has 7 heteroatoms. The van der Waals surface area contributed by atoms with Gasteiger partial charge in [-0.15, -0.1) is 0 Å². The summed E-state index contributed by atoms with van der Waals surface area (Å²) < 4.78 is 5.77. The zero-order valence-electron chi connectivity index (χ0n) is 28.0. The summed E-state index contributed by atoms with van der Waals surface area (Å²) >= 11 is 0. The Morgan fingerprint density at radius 1 is 0.933 bits per heavy atom. The van der Waals surface area contributed by atoms with E-state index in [1.807, 2.05) is 6.92 Å². The monoisotopic (exact) mass is 622 g/mol. The Bertz CT molecular complexity index is 1410. The van der Waals surface area contributed by atoms with Crippen LogP contribution in [0.3, 0.4) is 0 Å². The average molecular weight is 623 g/mol.